The highest BCUT2D eigenvalue weighted by Gasteiger charge is 2.36. The molecule has 0 saturated heterocycles. The minimum absolute atomic E-state index is 0.0904. The molecule has 1 aliphatic rings. The molecule has 26 heavy (non-hydrogen) atoms. The van der Waals surface area contributed by atoms with Crippen LogP contribution in [0.25, 0.3) is 11.4 Å². The second-order valence-electron chi connectivity index (χ2n) is 6.08. The summed E-state index contributed by atoms with van der Waals surface area (Å²) in [5.41, 5.74) is 1.62. The van der Waals surface area contributed by atoms with Crippen LogP contribution in [0.4, 0.5) is 0 Å². The van der Waals surface area contributed by atoms with Crippen molar-refractivity contribution in [2.75, 3.05) is 6.54 Å². The number of β-amino-alcohol motifs (C(OH)–C–C–N with tert-alkyl or cyclic N) is 1. The fourth-order valence-electron chi connectivity index (χ4n) is 2.99. The fourth-order valence-corrected chi connectivity index (χ4v) is 2.99. The summed E-state index contributed by atoms with van der Waals surface area (Å²) in [6, 6.07) is 16.2. The minimum Gasteiger partial charge on any atom is -0.389 e. The van der Waals surface area contributed by atoms with Crippen molar-refractivity contribution in [1.29, 1.82) is 0 Å². The summed E-state index contributed by atoms with van der Waals surface area (Å²) >= 11 is 0. The van der Waals surface area contributed by atoms with E-state index < -0.39 is 6.10 Å². The highest BCUT2D eigenvalue weighted by Crippen LogP contribution is 2.22. The van der Waals surface area contributed by atoms with Gasteiger partial charge in [0.2, 0.25) is 0 Å². The second-order valence-corrected chi connectivity index (χ2v) is 6.08. The summed E-state index contributed by atoms with van der Waals surface area (Å²) in [5.74, 6) is -0.208. The van der Waals surface area contributed by atoms with Gasteiger partial charge in [0, 0.05) is 5.56 Å². The van der Waals surface area contributed by atoms with Crippen LogP contribution < -0.4 is 0 Å². The molecule has 7 heteroatoms. The summed E-state index contributed by atoms with van der Waals surface area (Å²) in [7, 11) is 0. The lowest BCUT2D eigenvalue weighted by molar-refractivity contribution is 0.0515. The van der Waals surface area contributed by atoms with Gasteiger partial charge >= 0.3 is 0 Å². The van der Waals surface area contributed by atoms with E-state index in [-0.39, 0.29) is 24.9 Å². The first-order chi connectivity index (χ1) is 12.6. The summed E-state index contributed by atoms with van der Waals surface area (Å²) in [4.78, 5) is 30.0. The molecule has 1 aromatic heterocycles. The first-order valence-electron chi connectivity index (χ1n) is 8.21. The molecule has 0 saturated carbocycles. The molecule has 1 atom stereocenters. The Morgan fingerprint density at radius 2 is 1.50 bits per heavy atom. The standard InChI is InChI=1S/C19H16N4O3/c24-14(10-22-12-20-17(21-22)13-6-2-1-3-7-13)11-23-18(25)15-8-4-5-9-16(15)19(23)26/h1-9,12,14,24H,10-11H2. The highest BCUT2D eigenvalue weighted by molar-refractivity contribution is 6.21. The Labute approximate surface area is 149 Å². The minimum atomic E-state index is -0.942. The van der Waals surface area contributed by atoms with Crippen molar-refractivity contribution in [3.63, 3.8) is 0 Å². The molecular formula is C19H16N4O3. The van der Waals surface area contributed by atoms with Gasteiger partial charge in [-0.1, -0.05) is 42.5 Å². The lowest BCUT2D eigenvalue weighted by Crippen LogP contribution is -2.38. The molecule has 0 radical (unpaired) electrons. The molecule has 7 nitrogen and oxygen atoms in total. The number of carbonyl (C=O) groups is 2. The Hall–Kier alpha value is -3.32. The number of fused-ring (bicyclic) bond motifs is 1. The Bertz CT molecular complexity index is 933. The number of rotatable bonds is 5. The monoisotopic (exact) mass is 348 g/mol. The van der Waals surface area contributed by atoms with Crippen molar-refractivity contribution in [3.8, 4) is 11.4 Å². The predicted octanol–water partition coefficient (Wildman–Crippen LogP) is 1.60. The number of nitrogens with zero attached hydrogens (tertiary/aromatic N) is 4. The van der Waals surface area contributed by atoms with Crippen molar-refractivity contribution < 1.29 is 14.7 Å². The smallest absolute Gasteiger partial charge is 0.261 e. The van der Waals surface area contributed by atoms with Crippen molar-refractivity contribution in [3.05, 3.63) is 72.1 Å². The molecule has 130 valence electrons. The van der Waals surface area contributed by atoms with Crippen LogP contribution in [0.2, 0.25) is 0 Å². The van der Waals surface area contributed by atoms with Crippen LogP contribution in [0.5, 0.6) is 0 Å². The van der Waals surface area contributed by atoms with Gasteiger partial charge in [0.15, 0.2) is 5.82 Å². The third-order valence-electron chi connectivity index (χ3n) is 4.24. The molecule has 3 aromatic rings. The Kier molecular flexibility index (Phi) is 4.06. The second kappa shape index (κ2) is 6.53. The molecule has 1 N–H and O–H groups in total. The van der Waals surface area contributed by atoms with Gasteiger partial charge in [0.1, 0.15) is 6.33 Å². The quantitative estimate of drug-likeness (QED) is 0.708. The maximum Gasteiger partial charge on any atom is 0.261 e. The predicted molar refractivity (Wildman–Crippen MR) is 93.3 cm³/mol. The zero-order chi connectivity index (χ0) is 18.1. The topological polar surface area (TPSA) is 88.3 Å². The van der Waals surface area contributed by atoms with Crippen molar-refractivity contribution in [2.24, 2.45) is 0 Å². The van der Waals surface area contributed by atoms with E-state index in [1.165, 1.54) is 11.0 Å². The molecule has 4 rings (SSSR count). The number of aliphatic hydroxyl groups is 1. The largest absolute Gasteiger partial charge is 0.389 e. The van der Waals surface area contributed by atoms with E-state index in [1.807, 2.05) is 30.3 Å². The fraction of sp³-hybridized carbons (Fsp3) is 0.158. The molecule has 0 fully saturated rings. The molecule has 1 unspecified atom stereocenters. The van der Waals surface area contributed by atoms with Gasteiger partial charge in [-0.15, -0.1) is 0 Å². The van der Waals surface area contributed by atoms with Gasteiger partial charge in [0.05, 0.1) is 30.3 Å². The van der Waals surface area contributed by atoms with Crippen molar-refractivity contribution in [1.82, 2.24) is 19.7 Å². The van der Waals surface area contributed by atoms with E-state index in [1.54, 1.807) is 24.3 Å². The van der Waals surface area contributed by atoms with E-state index >= 15 is 0 Å². The van der Waals surface area contributed by atoms with Crippen LogP contribution in [0, 0.1) is 0 Å². The summed E-state index contributed by atoms with van der Waals surface area (Å²) < 4.78 is 1.51. The summed E-state index contributed by atoms with van der Waals surface area (Å²) in [6.45, 7) is 0.0418. The first-order valence-corrected chi connectivity index (χ1v) is 8.21. The summed E-state index contributed by atoms with van der Waals surface area (Å²) in [5, 5.41) is 14.7. The Morgan fingerprint density at radius 1 is 0.885 bits per heavy atom. The molecule has 0 spiro atoms. The van der Waals surface area contributed by atoms with Crippen LogP contribution in [0.3, 0.4) is 0 Å². The molecular weight excluding hydrogens is 332 g/mol. The maximum absolute atomic E-state index is 12.3. The zero-order valence-electron chi connectivity index (χ0n) is 13.8. The third-order valence-corrected chi connectivity index (χ3v) is 4.24. The van der Waals surface area contributed by atoms with Crippen molar-refractivity contribution in [2.45, 2.75) is 12.6 Å². The molecule has 2 amide bonds. The van der Waals surface area contributed by atoms with Gasteiger partial charge in [-0.2, -0.15) is 5.10 Å². The van der Waals surface area contributed by atoms with E-state index in [4.69, 9.17) is 0 Å². The lowest BCUT2D eigenvalue weighted by atomic mass is 10.1. The third kappa shape index (κ3) is 2.89. The molecule has 1 aliphatic heterocycles. The van der Waals surface area contributed by atoms with Gasteiger partial charge in [-0.25, -0.2) is 9.67 Å². The maximum atomic E-state index is 12.3. The molecule has 2 aromatic carbocycles. The number of imide groups is 1. The van der Waals surface area contributed by atoms with Gasteiger partial charge in [0.25, 0.3) is 11.8 Å². The van der Waals surface area contributed by atoms with Gasteiger partial charge < -0.3 is 5.11 Å². The lowest BCUT2D eigenvalue weighted by Gasteiger charge is -2.18. The number of amides is 2. The normalized spacial score (nSPS) is 14.6. The molecule has 0 bridgehead atoms. The number of hydrogen-bond acceptors (Lipinski definition) is 5. The number of aromatic nitrogens is 3. The van der Waals surface area contributed by atoms with Crippen LogP contribution in [-0.4, -0.2) is 49.2 Å². The van der Waals surface area contributed by atoms with E-state index in [9.17, 15) is 14.7 Å². The van der Waals surface area contributed by atoms with Gasteiger partial charge in [-0.3, -0.25) is 14.5 Å². The average Bonchev–Trinajstić information content (AvgIpc) is 3.22. The molecule has 2 heterocycles. The average molecular weight is 348 g/mol. The van der Waals surface area contributed by atoms with Crippen molar-refractivity contribution >= 4 is 11.8 Å². The van der Waals surface area contributed by atoms with Gasteiger partial charge in [-0.05, 0) is 12.1 Å². The Balaban J connectivity index is 1.44. The first kappa shape index (κ1) is 16.2. The van der Waals surface area contributed by atoms with E-state index in [0.29, 0.717) is 17.0 Å². The summed E-state index contributed by atoms with van der Waals surface area (Å²) in [6.07, 6.45) is 0.580. The highest BCUT2D eigenvalue weighted by atomic mass is 16.3. The zero-order valence-corrected chi connectivity index (χ0v) is 13.8. The van der Waals surface area contributed by atoms with Crippen LogP contribution in [0.15, 0.2) is 60.9 Å². The Morgan fingerprint density at radius 3 is 2.15 bits per heavy atom. The number of hydrogen-bond donors (Lipinski definition) is 1. The SMILES string of the molecule is O=C1c2ccccc2C(=O)N1CC(O)Cn1cnc(-c2ccccc2)n1. The van der Waals surface area contributed by atoms with Crippen LogP contribution in [-0.2, 0) is 6.54 Å². The number of carbonyl (C=O) groups excluding carboxylic acids is 2. The van der Waals surface area contributed by atoms with E-state index in [0.717, 1.165) is 10.5 Å². The molecule has 0 aliphatic carbocycles. The number of aliphatic hydroxyl groups excluding tert-OH is 1. The van der Waals surface area contributed by atoms with Crippen LogP contribution >= 0.6 is 0 Å². The number of benzene rings is 2. The van der Waals surface area contributed by atoms with Crippen LogP contribution in [0.1, 0.15) is 20.7 Å². The van der Waals surface area contributed by atoms with E-state index in [2.05, 4.69) is 10.1 Å².